The van der Waals surface area contributed by atoms with Gasteiger partial charge in [-0.2, -0.15) is 0 Å². The Bertz CT molecular complexity index is 663. The molecular weight excluding hydrogens is 300 g/mol. The van der Waals surface area contributed by atoms with Crippen LogP contribution in [0.1, 0.15) is 18.4 Å². The van der Waals surface area contributed by atoms with E-state index in [0.29, 0.717) is 18.4 Å². The Kier molecular flexibility index (Phi) is 3.97. The molecule has 21 heavy (non-hydrogen) atoms. The van der Waals surface area contributed by atoms with Crippen LogP contribution < -0.4 is 4.72 Å². The van der Waals surface area contributed by atoms with E-state index < -0.39 is 26.3 Å². The molecular formula is C12H14N2O6S. The van der Waals surface area contributed by atoms with Gasteiger partial charge in [-0.25, -0.2) is 13.1 Å². The summed E-state index contributed by atoms with van der Waals surface area (Å²) in [5.41, 5.74) is -0.692. The summed E-state index contributed by atoms with van der Waals surface area (Å²) in [4.78, 5) is 20.9. The standard InChI is InChI=1S/C12H14N2O6S/c15-11(16)12(5-6-12)8-13-21(19,20)7-9-1-3-10(4-2-9)14(17)18/h1-4,13H,5-8H2,(H,15,16). The lowest BCUT2D eigenvalue weighted by atomic mass is 10.1. The van der Waals surface area contributed by atoms with E-state index in [2.05, 4.69) is 4.72 Å². The molecule has 0 radical (unpaired) electrons. The van der Waals surface area contributed by atoms with Crippen LogP contribution in [0.15, 0.2) is 24.3 Å². The third-order valence-electron chi connectivity index (χ3n) is 3.44. The molecule has 0 atom stereocenters. The van der Waals surface area contributed by atoms with Crippen molar-refractivity contribution in [2.24, 2.45) is 5.41 Å². The highest BCUT2D eigenvalue weighted by Crippen LogP contribution is 2.45. The van der Waals surface area contributed by atoms with Crippen LogP contribution >= 0.6 is 0 Å². The summed E-state index contributed by atoms with van der Waals surface area (Å²) < 4.78 is 26.0. The second kappa shape index (κ2) is 5.41. The van der Waals surface area contributed by atoms with Crippen molar-refractivity contribution in [3.63, 3.8) is 0 Å². The number of hydrogen-bond donors (Lipinski definition) is 2. The maximum Gasteiger partial charge on any atom is 0.310 e. The zero-order chi connectivity index (χ0) is 15.7. The molecule has 1 aromatic carbocycles. The molecule has 0 aliphatic heterocycles. The molecule has 0 heterocycles. The fourth-order valence-corrected chi connectivity index (χ4v) is 3.08. The molecule has 1 aromatic rings. The number of hydrogen-bond acceptors (Lipinski definition) is 5. The second-order valence-corrected chi connectivity index (χ2v) is 6.90. The van der Waals surface area contributed by atoms with Gasteiger partial charge in [0.25, 0.3) is 5.69 Å². The lowest BCUT2D eigenvalue weighted by Crippen LogP contribution is -2.34. The molecule has 9 heteroatoms. The SMILES string of the molecule is O=C(O)C1(CNS(=O)(=O)Cc2ccc([N+](=O)[O-])cc2)CC1. The molecule has 1 aliphatic carbocycles. The van der Waals surface area contributed by atoms with Gasteiger partial charge in [0.05, 0.1) is 16.1 Å². The average Bonchev–Trinajstić information content (AvgIpc) is 3.18. The fraction of sp³-hybridized carbons (Fsp3) is 0.417. The highest BCUT2D eigenvalue weighted by Gasteiger charge is 2.50. The van der Waals surface area contributed by atoms with Crippen LogP contribution in [-0.2, 0) is 20.6 Å². The van der Waals surface area contributed by atoms with Crippen molar-refractivity contribution in [2.75, 3.05) is 6.54 Å². The van der Waals surface area contributed by atoms with E-state index in [1.165, 1.54) is 24.3 Å². The van der Waals surface area contributed by atoms with Gasteiger partial charge >= 0.3 is 5.97 Å². The Hall–Kier alpha value is -2.00. The lowest BCUT2D eigenvalue weighted by molar-refractivity contribution is -0.384. The molecule has 0 unspecified atom stereocenters. The van der Waals surface area contributed by atoms with Crippen molar-refractivity contribution >= 4 is 21.7 Å². The Morgan fingerprint density at radius 2 is 1.90 bits per heavy atom. The molecule has 1 saturated carbocycles. The normalized spacial score (nSPS) is 16.4. The number of rotatable bonds is 7. The molecule has 0 aromatic heterocycles. The number of sulfonamides is 1. The van der Waals surface area contributed by atoms with E-state index in [1.54, 1.807) is 0 Å². The Balaban J connectivity index is 1.97. The Labute approximate surface area is 121 Å². The van der Waals surface area contributed by atoms with Crippen LogP contribution in [-0.4, -0.2) is 31.0 Å². The van der Waals surface area contributed by atoms with Gasteiger partial charge in [0, 0.05) is 18.7 Å². The van der Waals surface area contributed by atoms with E-state index in [-0.39, 0.29) is 18.0 Å². The first-order valence-electron chi connectivity index (χ1n) is 6.18. The highest BCUT2D eigenvalue weighted by molar-refractivity contribution is 7.88. The summed E-state index contributed by atoms with van der Waals surface area (Å²) in [7, 11) is -3.68. The largest absolute Gasteiger partial charge is 0.481 e. The minimum Gasteiger partial charge on any atom is -0.481 e. The van der Waals surface area contributed by atoms with Gasteiger partial charge in [-0.1, -0.05) is 12.1 Å². The first-order chi connectivity index (χ1) is 9.74. The Morgan fingerprint density at radius 3 is 2.33 bits per heavy atom. The summed E-state index contributed by atoms with van der Waals surface area (Å²) in [6.07, 6.45) is 0.921. The van der Waals surface area contributed by atoms with Gasteiger partial charge < -0.3 is 5.11 Å². The zero-order valence-electron chi connectivity index (χ0n) is 11.0. The maximum absolute atomic E-state index is 11.9. The minimum atomic E-state index is -3.68. The second-order valence-electron chi connectivity index (χ2n) is 5.09. The van der Waals surface area contributed by atoms with Crippen molar-refractivity contribution in [3.8, 4) is 0 Å². The van der Waals surface area contributed by atoms with Gasteiger partial charge in [-0.05, 0) is 18.4 Å². The first kappa shape index (κ1) is 15.4. The number of carbonyl (C=O) groups is 1. The number of aliphatic carboxylic acids is 1. The van der Waals surface area contributed by atoms with Crippen molar-refractivity contribution < 1.29 is 23.2 Å². The summed E-state index contributed by atoms with van der Waals surface area (Å²) in [5.74, 6) is -1.35. The van der Waals surface area contributed by atoms with Crippen molar-refractivity contribution in [3.05, 3.63) is 39.9 Å². The number of nitrogens with one attached hydrogen (secondary N) is 1. The van der Waals surface area contributed by atoms with Crippen LogP contribution in [0.25, 0.3) is 0 Å². The predicted molar refractivity (Wildman–Crippen MR) is 73.0 cm³/mol. The molecule has 1 fully saturated rings. The van der Waals surface area contributed by atoms with Crippen molar-refractivity contribution in [1.29, 1.82) is 0 Å². The summed E-state index contributed by atoms with van der Waals surface area (Å²) in [5, 5.41) is 19.5. The van der Waals surface area contributed by atoms with Crippen LogP contribution in [0.2, 0.25) is 0 Å². The van der Waals surface area contributed by atoms with Crippen LogP contribution in [0, 0.1) is 15.5 Å². The Morgan fingerprint density at radius 1 is 1.33 bits per heavy atom. The molecule has 2 N–H and O–H groups in total. The monoisotopic (exact) mass is 314 g/mol. The number of nitro benzene ring substituents is 1. The molecule has 0 amide bonds. The number of benzene rings is 1. The van der Waals surface area contributed by atoms with Crippen LogP contribution in [0.4, 0.5) is 5.69 Å². The molecule has 0 saturated heterocycles. The third-order valence-corrected chi connectivity index (χ3v) is 4.74. The van der Waals surface area contributed by atoms with Gasteiger partial charge in [0.15, 0.2) is 0 Å². The smallest absolute Gasteiger partial charge is 0.310 e. The van der Waals surface area contributed by atoms with Crippen LogP contribution in [0.5, 0.6) is 0 Å². The van der Waals surface area contributed by atoms with Gasteiger partial charge in [-0.15, -0.1) is 0 Å². The van der Waals surface area contributed by atoms with Crippen molar-refractivity contribution in [1.82, 2.24) is 4.72 Å². The summed E-state index contributed by atoms with van der Waals surface area (Å²) >= 11 is 0. The molecule has 0 bridgehead atoms. The molecule has 1 aliphatic rings. The number of nitro groups is 1. The number of carboxylic acids is 1. The van der Waals surface area contributed by atoms with Gasteiger partial charge in [0.1, 0.15) is 0 Å². The quantitative estimate of drug-likeness (QED) is 0.568. The van der Waals surface area contributed by atoms with E-state index in [0.717, 1.165) is 0 Å². The average molecular weight is 314 g/mol. The number of carboxylic acid groups (broad SMARTS) is 1. The van der Waals surface area contributed by atoms with Gasteiger partial charge in [0.2, 0.25) is 10.0 Å². The zero-order valence-corrected chi connectivity index (χ0v) is 11.8. The lowest BCUT2D eigenvalue weighted by Gasteiger charge is -2.11. The molecule has 0 spiro atoms. The fourth-order valence-electron chi connectivity index (χ4n) is 1.85. The van der Waals surface area contributed by atoms with E-state index in [9.17, 15) is 23.3 Å². The minimum absolute atomic E-state index is 0.119. The summed E-state index contributed by atoms with van der Waals surface area (Å²) in [6.45, 7) is -0.127. The topological polar surface area (TPSA) is 127 Å². The third kappa shape index (κ3) is 3.76. The van der Waals surface area contributed by atoms with Crippen molar-refractivity contribution in [2.45, 2.75) is 18.6 Å². The molecule has 114 valence electrons. The highest BCUT2D eigenvalue weighted by atomic mass is 32.2. The maximum atomic E-state index is 11.9. The van der Waals surface area contributed by atoms with Crippen LogP contribution in [0.3, 0.4) is 0 Å². The van der Waals surface area contributed by atoms with E-state index in [1.807, 2.05) is 0 Å². The first-order valence-corrected chi connectivity index (χ1v) is 7.83. The number of nitrogens with zero attached hydrogens (tertiary/aromatic N) is 1. The predicted octanol–water partition coefficient (Wildman–Crippen LogP) is 0.879. The molecule has 8 nitrogen and oxygen atoms in total. The molecule has 2 rings (SSSR count). The van der Waals surface area contributed by atoms with Gasteiger partial charge in [-0.3, -0.25) is 14.9 Å². The summed E-state index contributed by atoms with van der Waals surface area (Å²) in [6, 6.07) is 5.18. The van der Waals surface area contributed by atoms with E-state index in [4.69, 9.17) is 5.11 Å². The number of non-ortho nitro benzene ring substituents is 1. The van der Waals surface area contributed by atoms with E-state index >= 15 is 0 Å².